The molecule has 1 aromatic heterocycles. The zero-order chi connectivity index (χ0) is 27.9. The molecule has 0 spiro atoms. The van der Waals surface area contributed by atoms with Gasteiger partial charge in [-0.15, -0.1) is 5.10 Å². The van der Waals surface area contributed by atoms with Crippen LogP contribution in [0, 0.1) is 0 Å². The van der Waals surface area contributed by atoms with E-state index in [1.54, 1.807) is 23.6 Å². The largest absolute Gasteiger partial charge is 0.493 e. The Morgan fingerprint density at radius 3 is 2.64 bits per heavy atom. The fourth-order valence-corrected chi connectivity index (χ4v) is 5.81. The highest BCUT2D eigenvalue weighted by atomic mass is 79.9. The molecule has 0 fully saturated rings. The smallest absolute Gasteiger partial charge is 0.255 e. The average Bonchev–Trinajstić information content (AvgIpc) is 3.32. The van der Waals surface area contributed by atoms with Crippen LogP contribution < -0.4 is 24.8 Å². The van der Waals surface area contributed by atoms with Crippen LogP contribution in [0.4, 0.5) is 11.6 Å². The zero-order valence-corrected chi connectivity index (χ0v) is 25.2. The molecular weight excluding hydrogens is 582 g/mol. The Kier molecular flexibility index (Phi) is 9.79. The van der Waals surface area contributed by atoms with Gasteiger partial charge in [0, 0.05) is 11.4 Å². The van der Waals surface area contributed by atoms with Gasteiger partial charge in [-0.05, 0) is 73.0 Å². The SMILES string of the molecule is CCCCSc1nc2n(n1)C(c1cc(Br)c(OCC)c(OC)c1)C(C(=O)Nc1ccccc1OCC)=C(C)N2. The predicted octanol–water partition coefficient (Wildman–Crippen LogP) is 6.67. The van der Waals surface area contributed by atoms with Crippen molar-refractivity contribution in [3.05, 3.63) is 57.7 Å². The summed E-state index contributed by atoms with van der Waals surface area (Å²) in [6, 6.07) is 10.6. The molecule has 1 unspecified atom stereocenters. The van der Waals surface area contributed by atoms with Crippen LogP contribution >= 0.6 is 27.7 Å². The maximum atomic E-state index is 14.0. The highest BCUT2D eigenvalue weighted by Crippen LogP contribution is 2.43. The number of fused-ring (bicyclic) bond motifs is 1. The number of thioether (sulfide) groups is 1. The number of nitrogens with zero attached hydrogens (tertiary/aromatic N) is 3. The van der Waals surface area contributed by atoms with E-state index >= 15 is 0 Å². The number of hydrogen-bond donors (Lipinski definition) is 2. The van der Waals surface area contributed by atoms with Gasteiger partial charge in [-0.2, -0.15) is 4.98 Å². The second kappa shape index (κ2) is 13.3. The van der Waals surface area contributed by atoms with E-state index in [9.17, 15) is 4.79 Å². The van der Waals surface area contributed by atoms with Crippen molar-refractivity contribution in [2.45, 2.75) is 51.7 Å². The molecule has 0 radical (unpaired) electrons. The summed E-state index contributed by atoms with van der Waals surface area (Å²) >= 11 is 5.25. The van der Waals surface area contributed by atoms with E-state index in [2.05, 4.69) is 33.5 Å². The second-order valence-corrected chi connectivity index (χ2v) is 10.7. The van der Waals surface area contributed by atoms with Crippen molar-refractivity contribution in [1.29, 1.82) is 0 Å². The van der Waals surface area contributed by atoms with Crippen LogP contribution in [0.2, 0.25) is 0 Å². The Balaban J connectivity index is 1.81. The first-order valence-electron chi connectivity index (χ1n) is 13.0. The van der Waals surface area contributed by atoms with Crippen molar-refractivity contribution in [2.75, 3.05) is 36.7 Å². The third-order valence-corrected chi connectivity index (χ3v) is 7.61. The Bertz CT molecular complexity index is 1360. The Morgan fingerprint density at radius 1 is 1.15 bits per heavy atom. The number of carbonyl (C=O) groups excluding carboxylic acids is 1. The van der Waals surface area contributed by atoms with Gasteiger partial charge < -0.3 is 24.8 Å². The summed E-state index contributed by atoms with van der Waals surface area (Å²) in [6.07, 6.45) is 2.16. The molecular formula is C28H34BrN5O4S. The zero-order valence-electron chi connectivity index (χ0n) is 22.8. The first-order valence-corrected chi connectivity index (χ1v) is 14.8. The lowest BCUT2D eigenvalue weighted by Gasteiger charge is -2.29. The Morgan fingerprint density at radius 2 is 1.92 bits per heavy atom. The number of nitrogens with one attached hydrogen (secondary N) is 2. The predicted molar refractivity (Wildman–Crippen MR) is 158 cm³/mol. The van der Waals surface area contributed by atoms with Gasteiger partial charge in [0.15, 0.2) is 11.5 Å². The number of unbranched alkanes of at least 4 members (excludes halogenated alkanes) is 1. The molecule has 9 nitrogen and oxygen atoms in total. The highest BCUT2D eigenvalue weighted by molar-refractivity contribution is 9.10. The summed E-state index contributed by atoms with van der Waals surface area (Å²) in [6.45, 7) is 8.83. The number of amides is 1. The van der Waals surface area contributed by atoms with Gasteiger partial charge in [-0.3, -0.25) is 4.79 Å². The molecule has 4 rings (SSSR count). The van der Waals surface area contributed by atoms with Gasteiger partial charge in [-0.1, -0.05) is 37.2 Å². The number of allylic oxidation sites excluding steroid dienone is 1. The number of halogens is 1. The van der Waals surface area contributed by atoms with E-state index in [0.29, 0.717) is 58.5 Å². The van der Waals surface area contributed by atoms with Gasteiger partial charge >= 0.3 is 0 Å². The summed E-state index contributed by atoms with van der Waals surface area (Å²) in [5.41, 5.74) is 2.57. The number of hydrogen-bond acceptors (Lipinski definition) is 8. The van der Waals surface area contributed by atoms with Gasteiger partial charge in [0.05, 0.1) is 36.1 Å². The van der Waals surface area contributed by atoms with Crippen molar-refractivity contribution in [2.24, 2.45) is 0 Å². The normalized spacial score (nSPS) is 14.5. The van der Waals surface area contributed by atoms with E-state index in [-0.39, 0.29) is 5.91 Å². The van der Waals surface area contributed by atoms with Gasteiger partial charge in [0.2, 0.25) is 11.1 Å². The van der Waals surface area contributed by atoms with Gasteiger partial charge in [0.1, 0.15) is 11.8 Å². The van der Waals surface area contributed by atoms with Crippen LogP contribution in [0.5, 0.6) is 17.2 Å². The van der Waals surface area contributed by atoms with Crippen LogP contribution in [0.25, 0.3) is 0 Å². The van der Waals surface area contributed by atoms with Crippen LogP contribution in [-0.2, 0) is 4.79 Å². The number of ether oxygens (including phenoxy) is 3. The minimum atomic E-state index is -0.575. The molecule has 2 heterocycles. The standard InChI is InChI=1S/C28H34BrN5O4S/c1-6-9-14-39-28-32-27-30-17(4)23(26(35)31-20-12-10-11-13-21(20)37-7-2)24(34(27)33-28)18-15-19(29)25(38-8-3)22(16-18)36-5/h10-13,15-16,24H,6-9,14H2,1-5H3,(H,31,35)(H,30,32,33). The number of anilines is 2. The molecule has 0 saturated carbocycles. The third kappa shape index (κ3) is 6.36. The maximum Gasteiger partial charge on any atom is 0.255 e. The van der Waals surface area contributed by atoms with Crippen molar-refractivity contribution in [3.63, 3.8) is 0 Å². The summed E-state index contributed by atoms with van der Waals surface area (Å²) in [5.74, 6) is 2.98. The third-order valence-electron chi connectivity index (χ3n) is 6.10. The second-order valence-electron chi connectivity index (χ2n) is 8.78. The van der Waals surface area contributed by atoms with E-state index in [0.717, 1.165) is 28.6 Å². The molecule has 1 aliphatic heterocycles. The quantitative estimate of drug-likeness (QED) is 0.172. The number of carbonyl (C=O) groups is 1. The summed E-state index contributed by atoms with van der Waals surface area (Å²) in [7, 11) is 1.60. The van der Waals surface area contributed by atoms with E-state index in [1.165, 1.54) is 0 Å². The topological polar surface area (TPSA) is 99.5 Å². The fourth-order valence-electron chi connectivity index (χ4n) is 4.33. The minimum absolute atomic E-state index is 0.275. The van der Waals surface area contributed by atoms with E-state index in [4.69, 9.17) is 24.3 Å². The molecule has 11 heteroatoms. The highest BCUT2D eigenvalue weighted by Gasteiger charge is 2.35. The number of aromatic nitrogens is 3. The van der Waals surface area contributed by atoms with E-state index < -0.39 is 6.04 Å². The minimum Gasteiger partial charge on any atom is -0.493 e. The van der Waals surface area contributed by atoms with Crippen molar-refractivity contribution >= 4 is 45.2 Å². The van der Waals surface area contributed by atoms with Crippen molar-refractivity contribution < 1.29 is 19.0 Å². The summed E-state index contributed by atoms with van der Waals surface area (Å²) < 4.78 is 19.7. The van der Waals surface area contributed by atoms with Crippen LogP contribution in [-0.4, -0.2) is 46.7 Å². The van der Waals surface area contributed by atoms with Crippen LogP contribution in [0.1, 0.15) is 52.1 Å². The molecule has 0 saturated heterocycles. The monoisotopic (exact) mass is 615 g/mol. The number of rotatable bonds is 12. The first kappa shape index (κ1) is 28.8. The maximum absolute atomic E-state index is 14.0. The number of methoxy groups -OCH3 is 1. The lowest BCUT2D eigenvalue weighted by Crippen LogP contribution is -2.31. The fraction of sp³-hybridized carbons (Fsp3) is 0.393. The van der Waals surface area contributed by atoms with Crippen molar-refractivity contribution in [1.82, 2.24) is 14.8 Å². The molecule has 3 aromatic rings. The number of benzene rings is 2. The van der Waals surface area contributed by atoms with Crippen molar-refractivity contribution in [3.8, 4) is 17.2 Å². The molecule has 1 aliphatic rings. The number of para-hydroxylation sites is 2. The molecule has 2 N–H and O–H groups in total. The van der Waals surface area contributed by atoms with E-state index in [1.807, 2.05) is 57.2 Å². The first-order chi connectivity index (χ1) is 18.9. The molecule has 0 bridgehead atoms. The van der Waals surface area contributed by atoms with Gasteiger partial charge in [-0.25, -0.2) is 4.68 Å². The molecule has 0 aliphatic carbocycles. The Hall–Kier alpha value is -3.18. The molecule has 1 amide bonds. The molecule has 2 aromatic carbocycles. The molecule has 208 valence electrons. The molecule has 1 atom stereocenters. The summed E-state index contributed by atoms with van der Waals surface area (Å²) in [4.78, 5) is 18.7. The average molecular weight is 617 g/mol. The van der Waals surface area contributed by atoms with Crippen LogP contribution in [0.15, 0.2) is 57.3 Å². The lowest BCUT2D eigenvalue weighted by atomic mass is 9.94. The van der Waals surface area contributed by atoms with Crippen LogP contribution in [0.3, 0.4) is 0 Å². The molecule has 39 heavy (non-hydrogen) atoms. The van der Waals surface area contributed by atoms with Gasteiger partial charge in [0.25, 0.3) is 5.91 Å². The lowest BCUT2D eigenvalue weighted by molar-refractivity contribution is -0.113. The Labute approximate surface area is 241 Å². The summed E-state index contributed by atoms with van der Waals surface area (Å²) in [5, 5.41) is 11.8.